The summed E-state index contributed by atoms with van der Waals surface area (Å²) in [4.78, 5) is 12.4. The number of hydrogen-bond acceptors (Lipinski definition) is 2. The molecule has 26 heavy (non-hydrogen) atoms. The Morgan fingerprint density at radius 2 is 1.62 bits per heavy atom. The van der Waals surface area contributed by atoms with Crippen LogP contribution in [0.4, 0.5) is 5.69 Å². The first kappa shape index (κ1) is 18.3. The van der Waals surface area contributed by atoms with Crippen LogP contribution in [0.1, 0.15) is 11.1 Å². The number of halogens is 2. The third-order valence-electron chi connectivity index (χ3n) is 3.79. The lowest BCUT2D eigenvalue weighted by atomic mass is 10.1. The average molecular weight is 386 g/mol. The van der Waals surface area contributed by atoms with Crippen LogP contribution in [0.25, 0.3) is 0 Å². The van der Waals surface area contributed by atoms with Gasteiger partial charge in [-0.15, -0.1) is 0 Å². The summed E-state index contributed by atoms with van der Waals surface area (Å²) in [6.07, 6.45) is 0.174. The summed E-state index contributed by atoms with van der Waals surface area (Å²) < 4.78 is 5.89. The van der Waals surface area contributed by atoms with E-state index in [1.54, 1.807) is 18.2 Å². The Bertz CT molecular complexity index is 898. The van der Waals surface area contributed by atoms with Gasteiger partial charge in [-0.25, -0.2) is 0 Å². The Kier molecular flexibility index (Phi) is 6.16. The van der Waals surface area contributed by atoms with E-state index in [2.05, 4.69) is 5.32 Å². The fourth-order valence-corrected chi connectivity index (χ4v) is 2.84. The van der Waals surface area contributed by atoms with Gasteiger partial charge in [0.2, 0.25) is 5.91 Å². The van der Waals surface area contributed by atoms with Crippen LogP contribution in [0, 0.1) is 0 Å². The van der Waals surface area contributed by atoms with Gasteiger partial charge in [-0.05, 0) is 23.8 Å². The summed E-state index contributed by atoms with van der Waals surface area (Å²) in [5.41, 5.74) is 2.36. The van der Waals surface area contributed by atoms with Crippen molar-refractivity contribution in [3.05, 3.63) is 94.0 Å². The number of amides is 1. The van der Waals surface area contributed by atoms with Crippen molar-refractivity contribution in [2.45, 2.75) is 13.0 Å². The molecule has 0 bridgehead atoms. The molecule has 0 saturated heterocycles. The van der Waals surface area contributed by atoms with Crippen LogP contribution in [0.5, 0.6) is 5.75 Å². The molecule has 3 rings (SSSR count). The summed E-state index contributed by atoms with van der Waals surface area (Å²) >= 11 is 12.1. The van der Waals surface area contributed by atoms with E-state index in [-0.39, 0.29) is 12.3 Å². The predicted octanol–water partition coefficient (Wildman–Crippen LogP) is 5.75. The number of benzene rings is 3. The standard InChI is InChI=1S/C21H17Cl2NO2/c22-17-10-6-11-18(21(17)23)24-20(25)13-16-9-4-5-12-19(16)26-14-15-7-2-1-3-8-15/h1-12H,13-14H2,(H,24,25). The summed E-state index contributed by atoms with van der Waals surface area (Å²) in [7, 11) is 0. The minimum Gasteiger partial charge on any atom is -0.489 e. The highest BCUT2D eigenvalue weighted by Crippen LogP contribution is 2.30. The number of carbonyl (C=O) groups excluding carboxylic acids is 1. The SMILES string of the molecule is O=C(Cc1ccccc1OCc1ccccc1)Nc1cccc(Cl)c1Cl. The maximum absolute atomic E-state index is 12.4. The lowest BCUT2D eigenvalue weighted by Crippen LogP contribution is -2.15. The van der Waals surface area contributed by atoms with Gasteiger partial charge in [-0.2, -0.15) is 0 Å². The van der Waals surface area contributed by atoms with Gasteiger partial charge in [0.15, 0.2) is 0 Å². The number of anilines is 1. The number of carbonyl (C=O) groups is 1. The molecule has 1 N–H and O–H groups in total. The van der Waals surface area contributed by atoms with E-state index in [1.165, 1.54) is 0 Å². The topological polar surface area (TPSA) is 38.3 Å². The number of nitrogens with one attached hydrogen (secondary N) is 1. The highest BCUT2D eigenvalue weighted by Gasteiger charge is 2.12. The fraction of sp³-hybridized carbons (Fsp3) is 0.0952. The van der Waals surface area contributed by atoms with Crippen molar-refractivity contribution >= 4 is 34.8 Å². The predicted molar refractivity (Wildman–Crippen MR) is 106 cm³/mol. The second-order valence-corrected chi connectivity index (χ2v) is 6.49. The lowest BCUT2D eigenvalue weighted by molar-refractivity contribution is -0.115. The molecule has 0 aliphatic heterocycles. The van der Waals surface area contributed by atoms with Crippen molar-refractivity contribution in [2.75, 3.05) is 5.32 Å². The summed E-state index contributed by atoms with van der Waals surface area (Å²) in [5.74, 6) is 0.494. The first-order chi connectivity index (χ1) is 12.6. The molecule has 0 unspecified atom stereocenters. The molecule has 0 fully saturated rings. The Morgan fingerprint density at radius 3 is 2.42 bits per heavy atom. The molecular weight excluding hydrogens is 369 g/mol. The van der Waals surface area contributed by atoms with E-state index < -0.39 is 0 Å². The van der Waals surface area contributed by atoms with E-state index in [9.17, 15) is 4.79 Å². The molecule has 0 radical (unpaired) electrons. The second-order valence-electron chi connectivity index (χ2n) is 5.71. The Balaban J connectivity index is 1.67. The zero-order valence-corrected chi connectivity index (χ0v) is 15.4. The first-order valence-corrected chi connectivity index (χ1v) is 8.87. The van der Waals surface area contributed by atoms with Crippen molar-refractivity contribution in [1.82, 2.24) is 0 Å². The summed E-state index contributed by atoms with van der Waals surface area (Å²) in [6, 6.07) is 22.5. The molecule has 0 heterocycles. The lowest BCUT2D eigenvalue weighted by Gasteiger charge is -2.12. The van der Waals surface area contributed by atoms with Crippen LogP contribution >= 0.6 is 23.2 Å². The van der Waals surface area contributed by atoms with Crippen LogP contribution in [0.3, 0.4) is 0 Å². The molecule has 0 aromatic heterocycles. The molecule has 5 heteroatoms. The largest absolute Gasteiger partial charge is 0.489 e. The molecule has 1 amide bonds. The molecule has 0 spiro atoms. The average Bonchev–Trinajstić information content (AvgIpc) is 2.65. The minimum atomic E-state index is -0.190. The van der Waals surface area contributed by atoms with Crippen LogP contribution in [-0.4, -0.2) is 5.91 Å². The highest BCUT2D eigenvalue weighted by molar-refractivity contribution is 6.44. The zero-order chi connectivity index (χ0) is 18.4. The molecule has 3 aromatic carbocycles. The summed E-state index contributed by atoms with van der Waals surface area (Å²) in [5, 5.41) is 3.52. The quantitative estimate of drug-likeness (QED) is 0.586. The van der Waals surface area contributed by atoms with Crippen molar-refractivity contribution in [3.63, 3.8) is 0 Å². The van der Waals surface area contributed by atoms with Gasteiger partial charge < -0.3 is 10.1 Å². The molecule has 0 aliphatic carbocycles. The van der Waals surface area contributed by atoms with E-state index in [1.807, 2.05) is 54.6 Å². The normalized spacial score (nSPS) is 10.4. The molecular formula is C21H17Cl2NO2. The van der Waals surface area contributed by atoms with Crippen molar-refractivity contribution in [3.8, 4) is 5.75 Å². The Hall–Kier alpha value is -2.49. The van der Waals surface area contributed by atoms with Gasteiger partial charge in [-0.3, -0.25) is 4.79 Å². The molecule has 3 nitrogen and oxygen atoms in total. The molecule has 0 aliphatic rings. The highest BCUT2D eigenvalue weighted by atomic mass is 35.5. The number of hydrogen-bond donors (Lipinski definition) is 1. The first-order valence-electron chi connectivity index (χ1n) is 8.12. The van der Waals surface area contributed by atoms with Crippen LogP contribution in [-0.2, 0) is 17.8 Å². The van der Waals surface area contributed by atoms with Crippen LogP contribution < -0.4 is 10.1 Å². The van der Waals surface area contributed by atoms with Gasteiger partial charge in [0, 0.05) is 5.56 Å². The number of ether oxygens (including phenoxy) is 1. The number of para-hydroxylation sites is 1. The Morgan fingerprint density at radius 1 is 0.885 bits per heavy atom. The van der Waals surface area contributed by atoms with Crippen molar-refractivity contribution < 1.29 is 9.53 Å². The van der Waals surface area contributed by atoms with Crippen molar-refractivity contribution in [2.24, 2.45) is 0 Å². The van der Waals surface area contributed by atoms with E-state index in [0.717, 1.165) is 11.1 Å². The van der Waals surface area contributed by atoms with Crippen molar-refractivity contribution in [1.29, 1.82) is 0 Å². The van der Waals surface area contributed by atoms with Crippen LogP contribution in [0.15, 0.2) is 72.8 Å². The third-order valence-corrected chi connectivity index (χ3v) is 4.61. The molecule has 132 valence electrons. The maximum Gasteiger partial charge on any atom is 0.228 e. The van der Waals surface area contributed by atoms with E-state index in [0.29, 0.717) is 28.1 Å². The number of rotatable bonds is 6. The second kappa shape index (κ2) is 8.75. The van der Waals surface area contributed by atoms with Gasteiger partial charge >= 0.3 is 0 Å². The maximum atomic E-state index is 12.4. The van der Waals surface area contributed by atoms with E-state index >= 15 is 0 Å². The molecule has 0 atom stereocenters. The fourth-order valence-electron chi connectivity index (χ4n) is 2.49. The van der Waals surface area contributed by atoms with E-state index in [4.69, 9.17) is 27.9 Å². The third kappa shape index (κ3) is 4.78. The zero-order valence-electron chi connectivity index (χ0n) is 13.9. The molecule has 3 aromatic rings. The molecule has 0 saturated carbocycles. The Labute approximate surface area is 162 Å². The van der Waals surface area contributed by atoms with Gasteiger partial charge in [0.05, 0.1) is 22.2 Å². The smallest absolute Gasteiger partial charge is 0.228 e. The van der Waals surface area contributed by atoms with Gasteiger partial charge in [0.25, 0.3) is 0 Å². The summed E-state index contributed by atoms with van der Waals surface area (Å²) in [6.45, 7) is 0.444. The minimum absolute atomic E-state index is 0.174. The van der Waals surface area contributed by atoms with Gasteiger partial charge in [-0.1, -0.05) is 77.8 Å². The van der Waals surface area contributed by atoms with Crippen LogP contribution in [0.2, 0.25) is 10.0 Å². The van der Waals surface area contributed by atoms with Gasteiger partial charge in [0.1, 0.15) is 12.4 Å². The monoisotopic (exact) mass is 385 g/mol.